The van der Waals surface area contributed by atoms with Crippen LogP contribution in [0.4, 0.5) is 13.2 Å². The number of amides is 1. The lowest BCUT2D eigenvalue weighted by molar-refractivity contribution is -0.0512. The van der Waals surface area contributed by atoms with Gasteiger partial charge in [-0.05, 0) is 35.9 Å². The highest BCUT2D eigenvalue weighted by Gasteiger charge is 2.17. The van der Waals surface area contributed by atoms with Gasteiger partial charge in [-0.3, -0.25) is 4.79 Å². The van der Waals surface area contributed by atoms with Crippen LogP contribution in [0.5, 0.6) is 11.5 Å². The predicted octanol–water partition coefficient (Wildman–Crippen LogP) is 3.71. The molecule has 0 radical (unpaired) electrons. The van der Waals surface area contributed by atoms with Crippen molar-refractivity contribution >= 4 is 5.91 Å². The second-order valence-electron chi connectivity index (χ2n) is 5.03. The molecule has 0 fully saturated rings. The number of halogens is 3. The maximum absolute atomic E-state index is 12.9. The number of methoxy groups -OCH3 is 1. The van der Waals surface area contributed by atoms with E-state index < -0.39 is 6.61 Å². The molecule has 0 bridgehead atoms. The van der Waals surface area contributed by atoms with Crippen LogP contribution >= 0.6 is 0 Å². The molecule has 0 spiro atoms. The van der Waals surface area contributed by atoms with E-state index in [1.54, 1.807) is 19.2 Å². The first-order valence-corrected chi connectivity index (χ1v) is 7.03. The maximum atomic E-state index is 12.9. The molecule has 0 saturated heterocycles. The van der Waals surface area contributed by atoms with Gasteiger partial charge in [0.05, 0.1) is 7.11 Å². The van der Waals surface area contributed by atoms with Crippen LogP contribution in [-0.4, -0.2) is 31.6 Å². The van der Waals surface area contributed by atoms with Gasteiger partial charge in [0.15, 0.2) is 11.5 Å². The highest BCUT2D eigenvalue weighted by Crippen LogP contribution is 2.29. The third-order valence-corrected chi connectivity index (χ3v) is 3.31. The second-order valence-corrected chi connectivity index (χ2v) is 5.03. The second kappa shape index (κ2) is 7.72. The highest BCUT2D eigenvalue weighted by atomic mass is 19.3. The van der Waals surface area contributed by atoms with Crippen molar-refractivity contribution in [3.63, 3.8) is 0 Å². The summed E-state index contributed by atoms with van der Waals surface area (Å²) in [6, 6.07) is 9.76. The first kappa shape index (κ1) is 17.7. The minimum absolute atomic E-state index is 0.0383. The Hall–Kier alpha value is -2.70. The van der Waals surface area contributed by atoms with Crippen LogP contribution < -0.4 is 9.47 Å². The van der Waals surface area contributed by atoms with E-state index in [1.165, 1.54) is 42.3 Å². The molecule has 4 nitrogen and oxygen atoms in total. The van der Waals surface area contributed by atoms with Crippen LogP contribution in [0.25, 0.3) is 0 Å². The summed E-state index contributed by atoms with van der Waals surface area (Å²) >= 11 is 0. The molecular formula is C17H16F3NO3. The summed E-state index contributed by atoms with van der Waals surface area (Å²) in [6.07, 6.45) is 0. The van der Waals surface area contributed by atoms with Crippen molar-refractivity contribution < 1.29 is 27.4 Å². The van der Waals surface area contributed by atoms with Crippen molar-refractivity contribution in [2.24, 2.45) is 0 Å². The smallest absolute Gasteiger partial charge is 0.387 e. The molecule has 2 rings (SSSR count). The van der Waals surface area contributed by atoms with Crippen LogP contribution in [0, 0.1) is 5.82 Å². The van der Waals surface area contributed by atoms with Gasteiger partial charge >= 0.3 is 6.61 Å². The number of benzene rings is 2. The molecule has 1 amide bonds. The van der Waals surface area contributed by atoms with E-state index in [0.717, 1.165) is 5.56 Å². The lowest BCUT2D eigenvalue weighted by Crippen LogP contribution is -2.26. The van der Waals surface area contributed by atoms with E-state index in [1.807, 2.05) is 0 Å². The molecular weight excluding hydrogens is 323 g/mol. The lowest BCUT2D eigenvalue weighted by Gasteiger charge is -2.18. The minimum atomic E-state index is -2.98. The predicted molar refractivity (Wildman–Crippen MR) is 81.8 cm³/mol. The Balaban J connectivity index is 2.14. The third-order valence-electron chi connectivity index (χ3n) is 3.31. The van der Waals surface area contributed by atoms with Crippen LogP contribution in [0.15, 0.2) is 42.5 Å². The van der Waals surface area contributed by atoms with E-state index in [0.29, 0.717) is 0 Å². The Morgan fingerprint density at radius 1 is 1.12 bits per heavy atom. The Morgan fingerprint density at radius 3 is 2.38 bits per heavy atom. The summed E-state index contributed by atoms with van der Waals surface area (Å²) < 4.78 is 46.8. The molecule has 24 heavy (non-hydrogen) atoms. The van der Waals surface area contributed by atoms with Crippen LogP contribution in [0.2, 0.25) is 0 Å². The van der Waals surface area contributed by atoms with Crippen LogP contribution in [0.1, 0.15) is 15.9 Å². The molecule has 0 aliphatic heterocycles. The Bertz CT molecular complexity index is 705. The molecule has 0 aromatic heterocycles. The van der Waals surface area contributed by atoms with Crippen molar-refractivity contribution in [3.8, 4) is 11.5 Å². The monoisotopic (exact) mass is 339 g/mol. The van der Waals surface area contributed by atoms with Crippen molar-refractivity contribution in [2.75, 3.05) is 14.2 Å². The number of alkyl halides is 2. The zero-order valence-corrected chi connectivity index (χ0v) is 13.1. The molecule has 0 unspecified atom stereocenters. The van der Waals surface area contributed by atoms with E-state index >= 15 is 0 Å². The highest BCUT2D eigenvalue weighted by molar-refractivity contribution is 5.94. The summed E-state index contributed by atoms with van der Waals surface area (Å²) in [5.41, 5.74) is 1.02. The molecule has 0 atom stereocenters. The van der Waals surface area contributed by atoms with Gasteiger partial charge in [0.2, 0.25) is 0 Å². The van der Waals surface area contributed by atoms with E-state index in [-0.39, 0.29) is 35.3 Å². The largest absolute Gasteiger partial charge is 0.493 e. The fraction of sp³-hybridized carbons (Fsp3) is 0.235. The van der Waals surface area contributed by atoms with Gasteiger partial charge in [-0.1, -0.05) is 12.1 Å². The van der Waals surface area contributed by atoms with Gasteiger partial charge in [-0.15, -0.1) is 0 Å². The zero-order chi connectivity index (χ0) is 17.7. The summed E-state index contributed by atoms with van der Waals surface area (Å²) in [6.45, 7) is -2.71. The van der Waals surface area contributed by atoms with Crippen molar-refractivity contribution in [2.45, 2.75) is 13.2 Å². The van der Waals surface area contributed by atoms with Gasteiger partial charge in [0.1, 0.15) is 5.82 Å². The normalized spacial score (nSPS) is 10.6. The molecule has 7 heteroatoms. The van der Waals surface area contributed by atoms with E-state index in [2.05, 4.69) is 4.74 Å². The topological polar surface area (TPSA) is 38.8 Å². The number of rotatable bonds is 6. The average Bonchev–Trinajstić information content (AvgIpc) is 2.56. The number of carbonyl (C=O) groups is 1. The summed E-state index contributed by atoms with van der Waals surface area (Å²) in [5.74, 6) is -0.796. The Labute approximate surface area is 137 Å². The molecule has 2 aromatic rings. The van der Waals surface area contributed by atoms with Crippen molar-refractivity contribution in [1.82, 2.24) is 4.90 Å². The molecule has 0 aliphatic rings. The van der Waals surface area contributed by atoms with E-state index in [9.17, 15) is 18.0 Å². The molecule has 128 valence electrons. The molecule has 0 heterocycles. The van der Waals surface area contributed by atoms with Crippen LogP contribution in [0.3, 0.4) is 0 Å². The number of hydrogen-bond donors (Lipinski definition) is 0. The average molecular weight is 339 g/mol. The summed E-state index contributed by atoms with van der Waals surface area (Å²) in [4.78, 5) is 13.9. The fourth-order valence-corrected chi connectivity index (χ4v) is 2.15. The molecule has 0 saturated carbocycles. The minimum Gasteiger partial charge on any atom is -0.493 e. The Morgan fingerprint density at radius 2 is 1.79 bits per heavy atom. The van der Waals surface area contributed by atoms with Crippen molar-refractivity contribution in [3.05, 3.63) is 59.4 Å². The quantitative estimate of drug-likeness (QED) is 0.805. The first-order valence-electron chi connectivity index (χ1n) is 7.03. The maximum Gasteiger partial charge on any atom is 0.387 e. The molecule has 2 aromatic carbocycles. The number of hydrogen-bond acceptors (Lipinski definition) is 3. The first-order chi connectivity index (χ1) is 11.4. The van der Waals surface area contributed by atoms with Gasteiger partial charge in [0.25, 0.3) is 5.91 Å². The number of nitrogens with zero attached hydrogens (tertiary/aromatic N) is 1. The number of ether oxygens (including phenoxy) is 2. The van der Waals surface area contributed by atoms with Gasteiger partial charge in [-0.25, -0.2) is 4.39 Å². The van der Waals surface area contributed by atoms with Gasteiger partial charge in [-0.2, -0.15) is 8.78 Å². The fourth-order valence-electron chi connectivity index (χ4n) is 2.15. The zero-order valence-electron chi connectivity index (χ0n) is 13.1. The number of carbonyl (C=O) groups excluding carboxylic acids is 1. The summed E-state index contributed by atoms with van der Waals surface area (Å²) in [5, 5.41) is 0. The molecule has 0 aliphatic carbocycles. The standard InChI is InChI=1S/C17H16F3NO3/c1-21(10-11-3-6-13(18)7-4-11)16(22)12-5-8-14(24-17(19)20)15(9-12)23-2/h3-9,17H,10H2,1-2H3. The van der Waals surface area contributed by atoms with Gasteiger partial charge < -0.3 is 14.4 Å². The SMILES string of the molecule is COc1cc(C(=O)N(C)Cc2ccc(F)cc2)ccc1OC(F)F. The summed E-state index contributed by atoms with van der Waals surface area (Å²) in [7, 11) is 2.88. The van der Waals surface area contributed by atoms with Crippen LogP contribution in [-0.2, 0) is 6.54 Å². The van der Waals surface area contributed by atoms with E-state index in [4.69, 9.17) is 4.74 Å². The van der Waals surface area contributed by atoms with Crippen molar-refractivity contribution in [1.29, 1.82) is 0 Å². The van der Waals surface area contributed by atoms with Gasteiger partial charge in [0, 0.05) is 19.2 Å². The molecule has 0 N–H and O–H groups in total. The third kappa shape index (κ3) is 4.41. The Kier molecular flexibility index (Phi) is 5.68. The lowest BCUT2D eigenvalue weighted by atomic mass is 10.1.